The summed E-state index contributed by atoms with van der Waals surface area (Å²) in [6.45, 7) is 9.94. The number of hydrogen-bond donors (Lipinski definition) is 0. The van der Waals surface area contributed by atoms with Crippen molar-refractivity contribution in [2.45, 2.75) is 46.7 Å². The van der Waals surface area contributed by atoms with E-state index in [-0.39, 0.29) is 29.2 Å². The lowest BCUT2D eigenvalue weighted by molar-refractivity contribution is 0.0648. The Morgan fingerprint density at radius 3 is 2.34 bits per heavy atom. The number of carbonyl (C=O) groups excluding carboxylic acids is 1. The lowest BCUT2D eigenvalue weighted by Gasteiger charge is -2.28. The molecular formula is C27H32N2O5S. The smallest absolute Gasteiger partial charge is 0.290 e. The van der Waals surface area contributed by atoms with Crippen molar-refractivity contribution >= 4 is 32.4 Å². The van der Waals surface area contributed by atoms with Gasteiger partial charge in [0.25, 0.3) is 5.91 Å². The first-order valence-electron chi connectivity index (χ1n) is 12.0. The summed E-state index contributed by atoms with van der Waals surface area (Å²) in [5.41, 5.74) is 3.77. The second-order valence-corrected chi connectivity index (χ2v) is 11.5. The van der Waals surface area contributed by atoms with E-state index >= 15 is 0 Å². The molecule has 1 saturated heterocycles. The van der Waals surface area contributed by atoms with Crippen LogP contribution in [0.1, 0.15) is 47.5 Å². The number of sulfone groups is 1. The van der Waals surface area contributed by atoms with E-state index in [2.05, 4.69) is 18.7 Å². The number of aryl methyl sites for hydroxylation is 2. The SMILES string of the molecule is CCN(CC)c1ccc(CN(C(=O)c2cc(=O)c3c(C)cc(C)cc3o2)C2CCS(=O)(=O)C2)cc1. The van der Waals surface area contributed by atoms with E-state index in [1.807, 2.05) is 44.2 Å². The van der Waals surface area contributed by atoms with Crippen molar-refractivity contribution in [2.75, 3.05) is 29.5 Å². The van der Waals surface area contributed by atoms with Crippen molar-refractivity contribution in [2.24, 2.45) is 0 Å². The van der Waals surface area contributed by atoms with E-state index in [0.29, 0.717) is 17.4 Å². The Morgan fingerprint density at radius 1 is 1.06 bits per heavy atom. The van der Waals surface area contributed by atoms with E-state index in [1.165, 1.54) is 6.07 Å². The van der Waals surface area contributed by atoms with Crippen LogP contribution in [0.5, 0.6) is 0 Å². The number of benzene rings is 2. The Bertz CT molecular complexity index is 1410. The van der Waals surface area contributed by atoms with Gasteiger partial charge in [-0.3, -0.25) is 9.59 Å². The minimum atomic E-state index is -3.22. The van der Waals surface area contributed by atoms with Gasteiger partial charge in [-0.2, -0.15) is 0 Å². The third kappa shape index (κ3) is 5.27. The molecule has 0 N–H and O–H groups in total. The molecule has 2 heterocycles. The minimum Gasteiger partial charge on any atom is -0.451 e. The van der Waals surface area contributed by atoms with Gasteiger partial charge in [-0.1, -0.05) is 18.2 Å². The molecule has 4 rings (SSSR count). The third-order valence-corrected chi connectivity index (χ3v) is 8.46. The Hall–Kier alpha value is -3.13. The molecule has 186 valence electrons. The zero-order valence-electron chi connectivity index (χ0n) is 20.7. The van der Waals surface area contributed by atoms with Gasteiger partial charge in [-0.25, -0.2) is 8.42 Å². The number of hydrogen-bond acceptors (Lipinski definition) is 6. The Labute approximate surface area is 206 Å². The molecule has 1 amide bonds. The Morgan fingerprint density at radius 2 is 1.74 bits per heavy atom. The van der Waals surface area contributed by atoms with Crippen LogP contribution in [0, 0.1) is 13.8 Å². The van der Waals surface area contributed by atoms with Crippen LogP contribution in [-0.2, 0) is 16.4 Å². The molecule has 3 aromatic rings. The molecule has 8 heteroatoms. The van der Waals surface area contributed by atoms with Gasteiger partial charge in [0.15, 0.2) is 21.0 Å². The van der Waals surface area contributed by atoms with Crippen molar-refractivity contribution in [3.05, 3.63) is 75.1 Å². The maximum atomic E-state index is 13.7. The summed E-state index contributed by atoms with van der Waals surface area (Å²) in [5.74, 6) is -0.594. The normalized spacial score (nSPS) is 17.0. The van der Waals surface area contributed by atoms with Crippen LogP contribution < -0.4 is 10.3 Å². The highest BCUT2D eigenvalue weighted by Gasteiger charge is 2.36. The average Bonchev–Trinajstić information content (AvgIpc) is 3.17. The molecule has 1 atom stereocenters. The molecule has 1 fully saturated rings. The van der Waals surface area contributed by atoms with Crippen LogP contribution in [0.4, 0.5) is 5.69 Å². The molecule has 0 saturated carbocycles. The van der Waals surface area contributed by atoms with E-state index in [1.54, 1.807) is 11.0 Å². The maximum Gasteiger partial charge on any atom is 0.290 e. The number of rotatable bonds is 7. The molecule has 1 aromatic heterocycles. The van der Waals surface area contributed by atoms with Gasteiger partial charge >= 0.3 is 0 Å². The monoisotopic (exact) mass is 496 g/mol. The first-order valence-corrected chi connectivity index (χ1v) is 13.8. The number of amides is 1. The predicted octanol–water partition coefficient (Wildman–Crippen LogP) is 4.09. The van der Waals surface area contributed by atoms with Crippen LogP contribution in [0.2, 0.25) is 0 Å². The molecule has 1 unspecified atom stereocenters. The van der Waals surface area contributed by atoms with Crippen molar-refractivity contribution in [1.82, 2.24) is 4.90 Å². The number of nitrogens with zero attached hydrogens (tertiary/aromatic N) is 2. The number of carbonyl (C=O) groups is 1. The topological polar surface area (TPSA) is 87.9 Å². The average molecular weight is 497 g/mol. The molecule has 2 aromatic carbocycles. The summed E-state index contributed by atoms with van der Waals surface area (Å²) >= 11 is 0. The van der Waals surface area contributed by atoms with Gasteiger partial charge in [0.1, 0.15) is 5.58 Å². The van der Waals surface area contributed by atoms with E-state index in [0.717, 1.165) is 35.5 Å². The maximum absolute atomic E-state index is 13.7. The Balaban J connectivity index is 1.71. The summed E-state index contributed by atoms with van der Waals surface area (Å²) in [7, 11) is -3.22. The van der Waals surface area contributed by atoms with Gasteiger partial charge in [0.05, 0.1) is 16.9 Å². The molecule has 0 bridgehead atoms. The minimum absolute atomic E-state index is 0.0441. The summed E-state index contributed by atoms with van der Waals surface area (Å²) in [4.78, 5) is 30.3. The highest BCUT2D eigenvalue weighted by Crippen LogP contribution is 2.25. The molecule has 1 aliphatic rings. The summed E-state index contributed by atoms with van der Waals surface area (Å²) in [6, 6.07) is 12.3. The van der Waals surface area contributed by atoms with Crippen molar-refractivity contribution < 1.29 is 17.6 Å². The zero-order chi connectivity index (χ0) is 25.3. The van der Waals surface area contributed by atoms with Crippen molar-refractivity contribution in [3.8, 4) is 0 Å². The van der Waals surface area contributed by atoms with E-state index < -0.39 is 21.8 Å². The van der Waals surface area contributed by atoms with Gasteiger partial charge in [-0.05, 0) is 69.0 Å². The molecule has 0 spiro atoms. The molecule has 1 aliphatic heterocycles. The van der Waals surface area contributed by atoms with Crippen LogP contribution in [0.3, 0.4) is 0 Å². The molecule has 7 nitrogen and oxygen atoms in total. The second-order valence-electron chi connectivity index (χ2n) is 9.26. The first kappa shape index (κ1) is 25.0. The highest BCUT2D eigenvalue weighted by molar-refractivity contribution is 7.91. The predicted molar refractivity (Wildman–Crippen MR) is 139 cm³/mol. The third-order valence-electron chi connectivity index (χ3n) is 6.71. The van der Waals surface area contributed by atoms with E-state index in [4.69, 9.17) is 4.42 Å². The standard InChI is InChI=1S/C27H32N2O5S/c1-5-28(6-2)21-9-7-20(8-10-21)16-29(22-11-12-35(32,33)17-22)27(31)25-15-23(30)26-19(4)13-18(3)14-24(26)34-25/h7-10,13-15,22H,5-6,11-12,16-17H2,1-4H3. The Kier molecular flexibility index (Phi) is 7.03. The number of fused-ring (bicyclic) bond motifs is 1. The largest absolute Gasteiger partial charge is 0.451 e. The van der Waals surface area contributed by atoms with Gasteiger partial charge in [0.2, 0.25) is 0 Å². The summed E-state index contributed by atoms with van der Waals surface area (Å²) in [5, 5.41) is 0.453. The van der Waals surface area contributed by atoms with Crippen molar-refractivity contribution in [1.29, 1.82) is 0 Å². The quantitative estimate of drug-likeness (QED) is 0.490. The van der Waals surface area contributed by atoms with Crippen LogP contribution in [-0.4, -0.2) is 49.9 Å². The first-order chi connectivity index (χ1) is 16.6. The van der Waals surface area contributed by atoms with Gasteiger partial charge < -0.3 is 14.2 Å². The highest BCUT2D eigenvalue weighted by atomic mass is 32.2. The van der Waals surface area contributed by atoms with Crippen LogP contribution in [0.25, 0.3) is 11.0 Å². The second kappa shape index (κ2) is 9.85. The molecule has 0 aliphatic carbocycles. The summed E-state index contributed by atoms with van der Waals surface area (Å²) < 4.78 is 30.4. The lowest BCUT2D eigenvalue weighted by atomic mass is 10.1. The molecule has 0 radical (unpaired) electrons. The van der Waals surface area contributed by atoms with Gasteiger partial charge in [-0.15, -0.1) is 0 Å². The molecule has 35 heavy (non-hydrogen) atoms. The molecular weight excluding hydrogens is 464 g/mol. The fourth-order valence-electron chi connectivity index (χ4n) is 4.90. The fourth-order valence-corrected chi connectivity index (χ4v) is 6.63. The van der Waals surface area contributed by atoms with Crippen LogP contribution >= 0.6 is 0 Å². The van der Waals surface area contributed by atoms with Crippen molar-refractivity contribution in [3.63, 3.8) is 0 Å². The lowest BCUT2D eigenvalue weighted by Crippen LogP contribution is -2.41. The number of anilines is 1. The summed E-state index contributed by atoms with van der Waals surface area (Å²) in [6.07, 6.45) is 0.363. The van der Waals surface area contributed by atoms with Gasteiger partial charge in [0, 0.05) is 37.4 Å². The van der Waals surface area contributed by atoms with Crippen LogP contribution in [0.15, 0.2) is 51.7 Å². The van der Waals surface area contributed by atoms with E-state index in [9.17, 15) is 18.0 Å². The zero-order valence-corrected chi connectivity index (χ0v) is 21.5. The fraction of sp³-hybridized carbons (Fsp3) is 0.407.